The van der Waals surface area contributed by atoms with Crippen molar-refractivity contribution < 1.29 is 14.3 Å². The van der Waals surface area contributed by atoms with Crippen molar-refractivity contribution in [3.05, 3.63) is 113 Å². The Morgan fingerprint density at radius 1 is 0.868 bits per heavy atom. The maximum absolute atomic E-state index is 13.8. The van der Waals surface area contributed by atoms with Crippen LogP contribution in [0.15, 0.2) is 97.1 Å². The molecule has 0 radical (unpaired) electrons. The van der Waals surface area contributed by atoms with E-state index >= 15 is 0 Å². The third kappa shape index (κ3) is 7.36. The zero-order valence-corrected chi connectivity index (χ0v) is 22.7. The summed E-state index contributed by atoms with van der Waals surface area (Å²) >= 11 is 6.26. The second-order valence-electron chi connectivity index (χ2n) is 10.4. The zero-order chi connectivity index (χ0) is 27.1. The van der Waals surface area contributed by atoms with Gasteiger partial charge in [0.15, 0.2) is 6.61 Å². The number of fused-ring (bicyclic) bond motifs is 1. The summed E-state index contributed by atoms with van der Waals surface area (Å²) < 4.78 is 6.06. The van der Waals surface area contributed by atoms with Crippen LogP contribution >= 0.6 is 11.6 Å². The molecule has 0 fully saturated rings. The van der Waals surface area contributed by atoms with Crippen LogP contribution in [0, 0.1) is 0 Å². The Morgan fingerprint density at radius 2 is 1.53 bits per heavy atom. The molecule has 4 rings (SSSR count). The van der Waals surface area contributed by atoms with Gasteiger partial charge in [0.1, 0.15) is 11.8 Å². The maximum Gasteiger partial charge on any atom is 0.261 e. The average molecular weight is 529 g/mol. The van der Waals surface area contributed by atoms with Crippen molar-refractivity contribution in [1.82, 2.24) is 10.2 Å². The molecule has 0 heterocycles. The highest BCUT2D eigenvalue weighted by atomic mass is 35.5. The molecule has 1 atom stereocenters. The van der Waals surface area contributed by atoms with Gasteiger partial charge in [-0.1, -0.05) is 90.5 Å². The molecular weight excluding hydrogens is 496 g/mol. The zero-order valence-electron chi connectivity index (χ0n) is 22.0. The van der Waals surface area contributed by atoms with Crippen LogP contribution in [-0.2, 0) is 22.6 Å². The Morgan fingerprint density at radius 3 is 2.26 bits per heavy atom. The van der Waals surface area contributed by atoms with Crippen LogP contribution in [0.5, 0.6) is 5.75 Å². The largest absolute Gasteiger partial charge is 0.483 e. The lowest BCUT2D eigenvalue weighted by Crippen LogP contribution is -2.55. The van der Waals surface area contributed by atoms with E-state index in [1.807, 2.05) is 112 Å². The van der Waals surface area contributed by atoms with Crippen molar-refractivity contribution in [3.8, 4) is 5.75 Å². The van der Waals surface area contributed by atoms with Crippen molar-refractivity contribution in [1.29, 1.82) is 0 Å². The van der Waals surface area contributed by atoms with Crippen LogP contribution in [0.1, 0.15) is 31.9 Å². The summed E-state index contributed by atoms with van der Waals surface area (Å²) in [5, 5.41) is 5.59. The van der Waals surface area contributed by atoms with E-state index in [1.54, 1.807) is 11.0 Å². The third-order valence-corrected chi connectivity index (χ3v) is 6.35. The predicted molar refractivity (Wildman–Crippen MR) is 153 cm³/mol. The van der Waals surface area contributed by atoms with Crippen LogP contribution < -0.4 is 10.1 Å². The lowest BCUT2D eigenvalue weighted by atomic mass is 10.0. The third-order valence-electron chi connectivity index (χ3n) is 6.11. The molecular formula is C32H33ClN2O3. The number of benzene rings is 4. The van der Waals surface area contributed by atoms with E-state index in [2.05, 4.69) is 5.32 Å². The van der Waals surface area contributed by atoms with Crippen molar-refractivity contribution in [2.24, 2.45) is 0 Å². The molecule has 0 aromatic heterocycles. The van der Waals surface area contributed by atoms with Gasteiger partial charge in [-0.3, -0.25) is 9.59 Å². The first kappa shape index (κ1) is 27.2. The molecule has 0 bridgehead atoms. The van der Waals surface area contributed by atoms with Crippen LogP contribution in [0.4, 0.5) is 0 Å². The molecule has 0 saturated carbocycles. The number of carbonyl (C=O) groups excluding carboxylic acids is 2. The monoisotopic (exact) mass is 528 g/mol. The van der Waals surface area contributed by atoms with Gasteiger partial charge in [-0.2, -0.15) is 0 Å². The van der Waals surface area contributed by atoms with Gasteiger partial charge in [0.05, 0.1) is 0 Å². The molecule has 6 heteroatoms. The molecule has 1 N–H and O–H groups in total. The van der Waals surface area contributed by atoms with Crippen molar-refractivity contribution in [3.63, 3.8) is 0 Å². The van der Waals surface area contributed by atoms with E-state index < -0.39 is 11.6 Å². The standard InChI is InChI=1S/C32H33ClN2O3/c1-32(2,3)34-31(37)28(20-23-11-5-4-6-12-23)35(21-24-13-9-16-26(33)19-24)30(36)22-38-29-18-10-15-25-14-7-8-17-27(25)29/h4-19,28H,20-22H2,1-3H3,(H,34,37)/t28-/m0/s1. The summed E-state index contributed by atoms with van der Waals surface area (Å²) in [5.74, 6) is 0.114. The van der Waals surface area contributed by atoms with Gasteiger partial charge in [0.2, 0.25) is 5.91 Å². The van der Waals surface area contributed by atoms with Gasteiger partial charge in [-0.05, 0) is 55.5 Å². The number of hydrogen-bond acceptors (Lipinski definition) is 3. The number of nitrogens with one attached hydrogen (secondary N) is 1. The van der Waals surface area contributed by atoms with Crippen molar-refractivity contribution in [2.45, 2.75) is 45.3 Å². The van der Waals surface area contributed by atoms with E-state index in [9.17, 15) is 9.59 Å². The Balaban J connectivity index is 1.66. The second kappa shape index (κ2) is 12.1. The van der Waals surface area contributed by atoms with Crippen molar-refractivity contribution >= 4 is 34.2 Å². The molecule has 0 saturated heterocycles. The fraction of sp³-hybridized carbons (Fsp3) is 0.250. The first-order valence-corrected chi connectivity index (χ1v) is 13.1. The topological polar surface area (TPSA) is 58.6 Å². The molecule has 38 heavy (non-hydrogen) atoms. The van der Waals surface area contributed by atoms with Gasteiger partial charge >= 0.3 is 0 Å². The van der Waals surface area contributed by atoms with Gasteiger partial charge < -0.3 is 15.0 Å². The highest BCUT2D eigenvalue weighted by molar-refractivity contribution is 6.30. The van der Waals surface area contributed by atoms with Crippen LogP contribution in [0.2, 0.25) is 5.02 Å². The van der Waals surface area contributed by atoms with Gasteiger partial charge in [-0.15, -0.1) is 0 Å². The molecule has 0 unspecified atom stereocenters. The average Bonchev–Trinajstić information content (AvgIpc) is 2.89. The maximum atomic E-state index is 13.8. The summed E-state index contributed by atoms with van der Waals surface area (Å²) in [6.45, 7) is 5.79. The summed E-state index contributed by atoms with van der Waals surface area (Å²) in [7, 11) is 0. The van der Waals surface area contributed by atoms with Gasteiger partial charge in [-0.25, -0.2) is 0 Å². The predicted octanol–water partition coefficient (Wildman–Crippen LogP) is 6.43. The fourth-order valence-electron chi connectivity index (χ4n) is 4.38. The molecule has 0 aliphatic carbocycles. The summed E-state index contributed by atoms with van der Waals surface area (Å²) in [6, 6.07) is 29.9. The normalized spacial score (nSPS) is 12.1. The van der Waals surface area contributed by atoms with Gasteiger partial charge in [0, 0.05) is 28.9 Å². The SMILES string of the molecule is CC(C)(C)NC(=O)[C@H](Cc1ccccc1)N(Cc1cccc(Cl)c1)C(=O)COc1cccc2ccccc12. The molecule has 0 aliphatic rings. The van der Waals surface area contributed by atoms with E-state index in [0.717, 1.165) is 21.9 Å². The first-order chi connectivity index (χ1) is 18.2. The Labute approximate surface area is 229 Å². The van der Waals surface area contributed by atoms with Crippen molar-refractivity contribution in [2.75, 3.05) is 6.61 Å². The summed E-state index contributed by atoms with van der Waals surface area (Å²) in [6.07, 6.45) is 0.364. The highest BCUT2D eigenvalue weighted by Gasteiger charge is 2.32. The summed E-state index contributed by atoms with van der Waals surface area (Å²) in [5.41, 5.74) is 1.33. The number of rotatable bonds is 9. The van der Waals surface area contributed by atoms with Gasteiger partial charge in [0.25, 0.3) is 5.91 Å². The number of ether oxygens (including phenoxy) is 1. The van der Waals surface area contributed by atoms with E-state index in [-0.39, 0.29) is 25.0 Å². The minimum Gasteiger partial charge on any atom is -0.483 e. The minimum atomic E-state index is -0.751. The molecule has 0 spiro atoms. The second-order valence-corrected chi connectivity index (χ2v) is 10.8. The molecule has 4 aromatic carbocycles. The Kier molecular flexibility index (Phi) is 8.70. The van der Waals surface area contributed by atoms with Crippen LogP contribution in [-0.4, -0.2) is 34.9 Å². The Bertz CT molecular complexity index is 1390. The van der Waals surface area contributed by atoms with Crippen LogP contribution in [0.25, 0.3) is 10.8 Å². The highest BCUT2D eigenvalue weighted by Crippen LogP contribution is 2.25. The number of carbonyl (C=O) groups is 2. The quantitative estimate of drug-likeness (QED) is 0.272. The summed E-state index contributed by atoms with van der Waals surface area (Å²) in [4.78, 5) is 29.1. The smallest absolute Gasteiger partial charge is 0.261 e. The first-order valence-electron chi connectivity index (χ1n) is 12.7. The lowest BCUT2D eigenvalue weighted by molar-refractivity contribution is -0.143. The number of hydrogen-bond donors (Lipinski definition) is 1. The van der Waals surface area contributed by atoms with E-state index in [4.69, 9.17) is 16.3 Å². The minimum absolute atomic E-state index is 0.206. The molecule has 2 amide bonds. The molecule has 0 aliphatic heterocycles. The Hall–Kier alpha value is -3.83. The number of amides is 2. The fourth-order valence-corrected chi connectivity index (χ4v) is 4.60. The number of halogens is 1. The van der Waals surface area contributed by atoms with E-state index in [1.165, 1.54) is 0 Å². The van der Waals surface area contributed by atoms with E-state index in [0.29, 0.717) is 17.2 Å². The van der Waals surface area contributed by atoms with Crippen LogP contribution in [0.3, 0.4) is 0 Å². The molecule has 5 nitrogen and oxygen atoms in total. The molecule has 4 aromatic rings. The molecule has 196 valence electrons. The lowest BCUT2D eigenvalue weighted by Gasteiger charge is -2.33. The number of nitrogens with zero attached hydrogens (tertiary/aromatic N) is 1.